The van der Waals surface area contributed by atoms with Crippen LogP contribution in [0.25, 0.3) is 0 Å². The highest BCUT2D eigenvalue weighted by Gasteiger charge is 2.21. The summed E-state index contributed by atoms with van der Waals surface area (Å²) in [5.74, 6) is 0. The molecule has 1 unspecified atom stereocenters. The average Bonchev–Trinajstić information content (AvgIpc) is 2.04. The monoisotopic (exact) mass is 238 g/mol. The molecule has 0 saturated carbocycles. The molecule has 0 aliphatic rings. The first-order valence-electron chi connectivity index (χ1n) is 3.76. The van der Waals surface area contributed by atoms with E-state index in [1.165, 1.54) is 0 Å². The van der Waals surface area contributed by atoms with Gasteiger partial charge in [-0.3, -0.25) is 4.57 Å². The summed E-state index contributed by atoms with van der Waals surface area (Å²) in [7, 11) is 0. The number of hydrogen-bond acceptors (Lipinski definition) is 2. The highest BCUT2D eigenvalue weighted by Crippen LogP contribution is 2.51. The van der Waals surface area contributed by atoms with E-state index >= 15 is 0 Å². The second kappa shape index (κ2) is 4.47. The van der Waals surface area contributed by atoms with Crippen LogP contribution in [-0.4, -0.2) is 6.61 Å². The van der Waals surface area contributed by atoms with Crippen LogP contribution in [0.4, 0.5) is 0 Å². The Labute approximate surface area is 87.0 Å². The third kappa shape index (κ3) is 2.99. The van der Waals surface area contributed by atoms with Crippen molar-refractivity contribution in [1.82, 2.24) is 0 Å². The fraction of sp³-hybridized carbons (Fsp3) is 0.250. The first-order valence-corrected chi connectivity index (χ1v) is 6.67. The highest BCUT2D eigenvalue weighted by molar-refractivity contribution is 7.91. The molecule has 13 heavy (non-hydrogen) atoms. The fourth-order valence-electron chi connectivity index (χ4n) is 0.883. The van der Waals surface area contributed by atoms with Gasteiger partial charge in [-0.25, -0.2) is 0 Å². The summed E-state index contributed by atoms with van der Waals surface area (Å²) in [4.78, 5) is 0. The Morgan fingerprint density at radius 1 is 1.54 bits per heavy atom. The molecular formula is C8H9Cl2O2P. The molecule has 0 radical (unpaired) electrons. The van der Waals surface area contributed by atoms with E-state index in [4.69, 9.17) is 27.4 Å². The molecule has 1 rings (SSSR count). The van der Waals surface area contributed by atoms with Crippen molar-refractivity contribution in [3.8, 4) is 0 Å². The van der Waals surface area contributed by atoms with Crippen LogP contribution in [0.1, 0.15) is 6.92 Å². The molecular weight excluding hydrogens is 230 g/mol. The summed E-state index contributed by atoms with van der Waals surface area (Å²) in [5.41, 5.74) is 0. The van der Waals surface area contributed by atoms with Crippen LogP contribution < -0.4 is 5.30 Å². The summed E-state index contributed by atoms with van der Waals surface area (Å²) in [6.45, 7) is -1.14. The van der Waals surface area contributed by atoms with Gasteiger partial charge in [-0.05, 0) is 36.4 Å². The molecule has 0 N–H and O–H groups in total. The first kappa shape index (κ1) is 11.1. The summed E-state index contributed by atoms with van der Waals surface area (Å²) in [6, 6.07) is 6.56. The molecule has 0 heterocycles. The molecule has 0 bridgehead atoms. The summed E-state index contributed by atoms with van der Waals surface area (Å²) in [5, 5.41) is 0.932. The quantitative estimate of drug-likeness (QED) is 0.755. The third-order valence-corrected chi connectivity index (χ3v) is 4.01. The molecule has 0 amide bonds. The van der Waals surface area contributed by atoms with Crippen molar-refractivity contribution in [1.29, 1.82) is 0 Å². The zero-order valence-corrected chi connectivity index (χ0v) is 9.44. The number of hydrogen-bond donors (Lipinski definition) is 0. The van der Waals surface area contributed by atoms with E-state index in [1.54, 1.807) is 31.2 Å². The molecule has 0 aliphatic carbocycles. The van der Waals surface area contributed by atoms with Crippen molar-refractivity contribution in [2.45, 2.75) is 6.92 Å². The first-order chi connectivity index (χ1) is 6.06. The standard InChI is InChI=1S/C8H9Cl2O2P/c1-2-12-13(10,11)8-5-3-4-7(9)6-8/h3-6H,2H2,1H3. The molecule has 1 atom stereocenters. The molecule has 0 saturated heterocycles. The Hall–Kier alpha value is -0.0100. The predicted molar refractivity (Wildman–Crippen MR) is 56.2 cm³/mol. The van der Waals surface area contributed by atoms with E-state index in [2.05, 4.69) is 0 Å². The van der Waals surface area contributed by atoms with E-state index in [0.29, 0.717) is 16.9 Å². The molecule has 0 spiro atoms. The van der Waals surface area contributed by atoms with Crippen LogP contribution in [0.3, 0.4) is 0 Å². The fourth-order valence-corrected chi connectivity index (χ4v) is 2.80. The molecule has 5 heteroatoms. The lowest BCUT2D eigenvalue weighted by Crippen LogP contribution is -2.02. The Balaban J connectivity index is 3.00. The summed E-state index contributed by atoms with van der Waals surface area (Å²) < 4.78 is 16.6. The predicted octanol–water partition coefficient (Wildman–Crippen LogP) is 3.43. The number of benzene rings is 1. The molecule has 0 aliphatic heterocycles. The van der Waals surface area contributed by atoms with E-state index < -0.39 is 6.72 Å². The number of halogens is 2. The minimum Gasteiger partial charge on any atom is -0.315 e. The van der Waals surface area contributed by atoms with Crippen LogP contribution >= 0.6 is 29.6 Å². The Bertz CT molecular complexity index is 341. The smallest absolute Gasteiger partial charge is 0.315 e. The third-order valence-electron chi connectivity index (χ3n) is 1.41. The number of rotatable bonds is 3. The van der Waals surface area contributed by atoms with Gasteiger partial charge in [0, 0.05) is 5.02 Å². The van der Waals surface area contributed by atoms with Gasteiger partial charge in [-0.15, -0.1) is 0 Å². The molecule has 1 aromatic rings. The maximum atomic E-state index is 11.7. The van der Waals surface area contributed by atoms with Gasteiger partial charge in [0.15, 0.2) is 0 Å². The van der Waals surface area contributed by atoms with E-state index in [9.17, 15) is 4.57 Å². The Morgan fingerprint density at radius 2 is 2.23 bits per heavy atom. The minimum atomic E-state index is -3.18. The van der Waals surface area contributed by atoms with Gasteiger partial charge in [0.2, 0.25) is 0 Å². The van der Waals surface area contributed by atoms with Gasteiger partial charge in [0.1, 0.15) is 0 Å². The van der Waals surface area contributed by atoms with Crippen molar-refractivity contribution in [2.24, 2.45) is 0 Å². The van der Waals surface area contributed by atoms with Gasteiger partial charge < -0.3 is 4.52 Å². The minimum absolute atomic E-state index is 0.313. The highest BCUT2D eigenvalue weighted by atomic mass is 35.7. The second-order valence-corrected chi connectivity index (χ2v) is 5.88. The maximum Gasteiger partial charge on any atom is 0.319 e. The van der Waals surface area contributed by atoms with Crippen molar-refractivity contribution in [3.63, 3.8) is 0 Å². The normalized spacial score (nSPS) is 15.3. The Morgan fingerprint density at radius 3 is 2.77 bits per heavy atom. The molecule has 72 valence electrons. The SMILES string of the molecule is CCOP(=O)(Cl)c1cccc(Cl)c1. The largest absolute Gasteiger partial charge is 0.319 e. The van der Waals surface area contributed by atoms with Crippen LogP contribution in [0, 0.1) is 0 Å². The van der Waals surface area contributed by atoms with Crippen molar-refractivity contribution >= 4 is 34.9 Å². The van der Waals surface area contributed by atoms with Gasteiger partial charge >= 0.3 is 6.72 Å². The van der Waals surface area contributed by atoms with Gasteiger partial charge in [0.25, 0.3) is 0 Å². The van der Waals surface area contributed by atoms with Gasteiger partial charge in [-0.2, -0.15) is 0 Å². The lowest BCUT2D eigenvalue weighted by molar-refractivity contribution is 0.352. The average molecular weight is 239 g/mol. The zero-order chi connectivity index (χ0) is 9.90. The van der Waals surface area contributed by atoms with E-state index in [0.717, 1.165) is 0 Å². The lowest BCUT2D eigenvalue weighted by Gasteiger charge is -2.09. The van der Waals surface area contributed by atoms with Gasteiger partial charge in [0.05, 0.1) is 11.9 Å². The van der Waals surface area contributed by atoms with Crippen molar-refractivity contribution in [3.05, 3.63) is 29.3 Å². The van der Waals surface area contributed by atoms with Crippen LogP contribution in [-0.2, 0) is 9.09 Å². The van der Waals surface area contributed by atoms with E-state index in [1.807, 2.05) is 0 Å². The second-order valence-electron chi connectivity index (χ2n) is 2.38. The zero-order valence-electron chi connectivity index (χ0n) is 7.04. The van der Waals surface area contributed by atoms with Crippen molar-refractivity contribution < 1.29 is 9.09 Å². The Kier molecular flexibility index (Phi) is 3.81. The summed E-state index contributed by atoms with van der Waals surface area (Å²) >= 11 is 11.4. The molecule has 0 aromatic heterocycles. The molecule has 1 aromatic carbocycles. The van der Waals surface area contributed by atoms with Crippen LogP contribution in [0.2, 0.25) is 5.02 Å². The maximum absolute atomic E-state index is 11.7. The van der Waals surface area contributed by atoms with Crippen LogP contribution in [0.5, 0.6) is 0 Å². The molecule has 2 nitrogen and oxygen atoms in total. The van der Waals surface area contributed by atoms with Gasteiger partial charge in [-0.1, -0.05) is 17.7 Å². The lowest BCUT2D eigenvalue weighted by atomic mass is 10.4. The van der Waals surface area contributed by atoms with E-state index in [-0.39, 0.29) is 0 Å². The molecule has 0 fully saturated rings. The van der Waals surface area contributed by atoms with Crippen molar-refractivity contribution in [2.75, 3.05) is 6.61 Å². The summed E-state index contributed by atoms with van der Waals surface area (Å²) in [6.07, 6.45) is 0. The van der Waals surface area contributed by atoms with Crippen LogP contribution in [0.15, 0.2) is 24.3 Å². The topological polar surface area (TPSA) is 26.3 Å².